The maximum atomic E-state index is 12.8. The molecule has 0 spiro atoms. The Morgan fingerprint density at radius 1 is 1.21 bits per heavy atom. The zero-order chi connectivity index (χ0) is 10.1. The highest BCUT2D eigenvalue weighted by molar-refractivity contribution is 5.98. The second kappa shape index (κ2) is 3.36. The molecule has 14 heavy (non-hydrogen) atoms. The monoisotopic (exact) mass is 198 g/mol. The van der Waals surface area contributed by atoms with Gasteiger partial charge in [-0.1, -0.05) is 0 Å². The highest BCUT2D eigenvalue weighted by Gasteiger charge is 2.19. The van der Waals surface area contributed by atoms with Crippen molar-refractivity contribution in [1.82, 2.24) is 0 Å². The molecule has 0 aliphatic carbocycles. The molecule has 1 aliphatic heterocycles. The van der Waals surface area contributed by atoms with Gasteiger partial charge in [0.25, 0.3) is 0 Å². The van der Waals surface area contributed by atoms with Crippen LogP contribution in [0.4, 0.5) is 8.78 Å². The Hall–Kier alpha value is -1.45. The minimum Gasteiger partial charge on any atom is -0.493 e. The molecule has 0 saturated carbocycles. The summed E-state index contributed by atoms with van der Waals surface area (Å²) >= 11 is 0. The van der Waals surface area contributed by atoms with Crippen LogP contribution in [0.25, 0.3) is 0 Å². The summed E-state index contributed by atoms with van der Waals surface area (Å²) in [6.07, 6.45) is 0.898. The van der Waals surface area contributed by atoms with Crippen molar-refractivity contribution in [2.45, 2.75) is 12.8 Å². The fraction of sp³-hybridized carbons (Fsp3) is 0.300. The summed E-state index contributed by atoms with van der Waals surface area (Å²) in [5.74, 6) is -2.05. The standard InChI is InChI=1S/C10H8F2O2/c11-7-4-6-9(13)2-1-3-14-10(6)5-8(7)12/h4-5H,1-3H2. The van der Waals surface area contributed by atoms with E-state index in [1.54, 1.807) is 0 Å². The van der Waals surface area contributed by atoms with Crippen molar-refractivity contribution in [3.63, 3.8) is 0 Å². The smallest absolute Gasteiger partial charge is 0.166 e. The van der Waals surface area contributed by atoms with Crippen LogP contribution in [0.15, 0.2) is 12.1 Å². The molecule has 0 radical (unpaired) electrons. The number of benzene rings is 1. The first-order chi connectivity index (χ1) is 6.68. The van der Waals surface area contributed by atoms with Crippen molar-refractivity contribution >= 4 is 5.78 Å². The normalized spacial score (nSPS) is 15.7. The van der Waals surface area contributed by atoms with Gasteiger partial charge in [-0.25, -0.2) is 8.78 Å². The molecule has 1 aromatic carbocycles. The zero-order valence-electron chi connectivity index (χ0n) is 7.35. The second-order valence-electron chi connectivity index (χ2n) is 3.14. The quantitative estimate of drug-likeness (QED) is 0.639. The zero-order valence-corrected chi connectivity index (χ0v) is 7.35. The molecule has 2 nitrogen and oxygen atoms in total. The number of carbonyl (C=O) groups is 1. The first-order valence-electron chi connectivity index (χ1n) is 4.33. The van der Waals surface area contributed by atoms with Crippen LogP contribution >= 0.6 is 0 Å². The molecule has 0 N–H and O–H groups in total. The van der Waals surface area contributed by atoms with Crippen LogP contribution in [0, 0.1) is 11.6 Å². The Morgan fingerprint density at radius 3 is 2.71 bits per heavy atom. The van der Waals surface area contributed by atoms with Gasteiger partial charge in [-0.2, -0.15) is 0 Å². The van der Waals surface area contributed by atoms with Crippen molar-refractivity contribution in [3.05, 3.63) is 29.3 Å². The van der Waals surface area contributed by atoms with Crippen molar-refractivity contribution in [2.75, 3.05) is 6.61 Å². The minimum absolute atomic E-state index is 0.140. The Kier molecular flexibility index (Phi) is 2.19. The van der Waals surface area contributed by atoms with E-state index in [-0.39, 0.29) is 17.1 Å². The summed E-state index contributed by atoms with van der Waals surface area (Å²) in [5.41, 5.74) is 0.140. The Labute approximate surface area is 79.5 Å². The van der Waals surface area contributed by atoms with Crippen molar-refractivity contribution < 1.29 is 18.3 Å². The number of halogens is 2. The van der Waals surface area contributed by atoms with Gasteiger partial charge in [-0.05, 0) is 12.5 Å². The topological polar surface area (TPSA) is 26.3 Å². The van der Waals surface area contributed by atoms with Crippen LogP contribution in [-0.4, -0.2) is 12.4 Å². The minimum atomic E-state index is -1.01. The molecule has 0 bridgehead atoms. The molecular formula is C10H8F2O2. The SMILES string of the molecule is O=C1CCCOc2cc(F)c(F)cc21. The van der Waals surface area contributed by atoms with Gasteiger partial charge in [0.15, 0.2) is 17.4 Å². The van der Waals surface area contributed by atoms with E-state index in [0.717, 1.165) is 12.1 Å². The molecule has 1 heterocycles. The lowest BCUT2D eigenvalue weighted by atomic mass is 10.1. The Morgan fingerprint density at radius 2 is 1.93 bits per heavy atom. The number of fused-ring (bicyclic) bond motifs is 1. The molecule has 0 atom stereocenters. The van der Waals surface area contributed by atoms with E-state index in [1.807, 2.05) is 0 Å². The van der Waals surface area contributed by atoms with Gasteiger partial charge in [0.05, 0.1) is 12.2 Å². The number of ether oxygens (including phenoxy) is 1. The van der Waals surface area contributed by atoms with Gasteiger partial charge in [-0.3, -0.25) is 4.79 Å². The molecule has 4 heteroatoms. The molecule has 1 aliphatic rings. The molecule has 0 fully saturated rings. The van der Waals surface area contributed by atoms with Crippen molar-refractivity contribution in [1.29, 1.82) is 0 Å². The summed E-state index contributed by atoms with van der Waals surface area (Å²) in [6.45, 7) is 0.365. The van der Waals surface area contributed by atoms with Gasteiger partial charge in [0.1, 0.15) is 5.75 Å². The van der Waals surface area contributed by atoms with Gasteiger partial charge in [0.2, 0.25) is 0 Å². The first-order valence-corrected chi connectivity index (χ1v) is 4.33. The van der Waals surface area contributed by atoms with E-state index in [2.05, 4.69) is 0 Å². The van der Waals surface area contributed by atoms with Crippen molar-refractivity contribution in [2.24, 2.45) is 0 Å². The fourth-order valence-corrected chi connectivity index (χ4v) is 1.42. The van der Waals surface area contributed by atoms with Crippen LogP contribution in [0.5, 0.6) is 5.75 Å². The number of hydrogen-bond donors (Lipinski definition) is 0. The molecular weight excluding hydrogens is 190 g/mol. The fourth-order valence-electron chi connectivity index (χ4n) is 1.42. The maximum absolute atomic E-state index is 12.8. The average molecular weight is 198 g/mol. The molecule has 2 rings (SSSR count). The van der Waals surface area contributed by atoms with E-state index >= 15 is 0 Å². The summed E-state index contributed by atoms with van der Waals surface area (Å²) in [6, 6.07) is 1.83. The van der Waals surface area contributed by atoms with Crippen LogP contribution in [0.1, 0.15) is 23.2 Å². The molecule has 0 unspecified atom stereocenters. The lowest BCUT2D eigenvalue weighted by molar-refractivity contribution is 0.0982. The summed E-state index contributed by atoms with van der Waals surface area (Å²) in [4.78, 5) is 11.4. The second-order valence-corrected chi connectivity index (χ2v) is 3.14. The third-order valence-corrected chi connectivity index (χ3v) is 2.13. The number of ketones is 1. The largest absolute Gasteiger partial charge is 0.493 e. The third-order valence-electron chi connectivity index (χ3n) is 2.13. The maximum Gasteiger partial charge on any atom is 0.166 e. The molecule has 0 amide bonds. The third kappa shape index (κ3) is 1.47. The van der Waals surface area contributed by atoms with E-state index in [0.29, 0.717) is 19.4 Å². The molecule has 1 aromatic rings. The summed E-state index contributed by atoms with van der Waals surface area (Å²) in [7, 11) is 0. The van der Waals surface area contributed by atoms with Crippen LogP contribution in [0.2, 0.25) is 0 Å². The number of rotatable bonds is 0. The van der Waals surface area contributed by atoms with Crippen LogP contribution < -0.4 is 4.74 Å². The van der Waals surface area contributed by atoms with E-state index in [1.165, 1.54) is 0 Å². The Bertz CT molecular complexity index is 388. The molecule has 0 saturated heterocycles. The highest BCUT2D eigenvalue weighted by Crippen LogP contribution is 2.26. The summed E-state index contributed by atoms with van der Waals surface area (Å²) < 4.78 is 30.8. The van der Waals surface area contributed by atoms with E-state index in [4.69, 9.17) is 4.74 Å². The van der Waals surface area contributed by atoms with Crippen LogP contribution in [-0.2, 0) is 0 Å². The summed E-state index contributed by atoms with van der Waals surface area (Å²) in [5, 5.41) is 0. The van der Waals surface area contributed by atoms with Crippen molar-refractivity contribution in [3.8, 4) is 5.75 Å². The van der Waals surface area contributed by atoms with Gasteiger partial charge in [-0.15, -0.1) is 0 Å². The predicted molar refractivity (Wildman–Crippen MR) is 45.4 cm³/mol. The van der Waals surface area contributed by atoms with Gasteiger partial charge >= 0.3 is 0 Å². The van der Waals surface area contributed by atoms with E-state index in [9.17, 15) is 13.6 Å². The highest BCUT2D eigenvalue weighted by atomic mass is 19.2. The number of Topliss-reactive ketones (excluding diaryl/α,β-unsaturated/α-hetero) is 1. The first kappa shape index (κ1) is 9.12. The molecule has 0 aromatic heterocycles. The number of carbonyl (C=O) groups excluding carboxylic acids is 1. The van der Waals surface area contributed by atoms with Crippen LogP contribution in [0.3, 0.4) is 0 Å². The lowest BCUT2D eigenvalue weighted by Gasteiger charge is -2.05. The Balaban J connectivity index is 2.54. The number of hydrogen-bond acceptors (Lipinski definition) is 2. The average Bonchev–Trinajstić information content (AvgIpc) is 2.31. The van der Waals surface area contributed by atoms with E-state index < -0.39 is 11.6 Å². The lowest BCUT2D eigenvalue weighted by Crippen LogP contribution is -2.00. The van der Waals surface area contributed by atoms with Gasteiger partial charge < -0.3 is 4.74 Å². The molecule has 74 valence electrons. The van der Waals surface area contributed by atoms with Gasteiger partial charge in [0, 0.05) is 12.5 Å². The predicted octanol–water partition coefficient (Wildman–Crippen LogP) is 2.32.